The van der Waals surface area contributed by atoms with Gasteiger partial charge in [0.25, 0.3) is 0 Å². The van der Waals surface area contributed by atoms with Crippen LogP contribution in [0.25, 0.3) is 0 Å². The first-order valence-electron chi connectivity index (χ1n) is 6.92. The molecule has 1 saturated carbocycles. The van der Waals surface area contributed by atoms with Crippen molar-refractivity contribution in [3.63, 3.8) is 0 Å². The average Bonchev–Trinajstić information content (AvgIpc) is 3.19. The van der Waals surface area contributed by atoms with Gasteiger partial charge in [-0.25, -0.2) is 18.4 Å². The fraction of sp³-hybridized carbons (Fsp3) is 0.692. The number of rotatable bonds is 3. The van der Waals surface area contributed by atoms with Gasteiger partial charge in [-0.2, -0.15) is 0 Å². The molecule has 1 aliphatic heterocycles. The first-order chi connectivity index (χ1) is 9.83. The fourth-order valence-corrected chi connectivity index (χ4v) is 4.29. The SMILES string of the molecule is C[C@@H]1COCCN1c1cc(C2(S(C)(=O)=O)CC2)nc(Cl)n1.Cl. The zero-order chi connectivity index (χ0) is 15.3. The van der Waals surface area contributed by atoms with Gasteiger partial charge in [0.15, 0.2) is 9.84 Å². The van der Waals surface area contributed by atoms with Crippen molar-refractivity contribution >= 4 is 39.7 Å². The van der Waals surface area contributed by atoms with Crippen LogP contribution in [0.3, 0.4) is 0 Å². The van der Waals surface area contributed by atoms with Gasteiger partial charge in [-0.1, -0.05) is 0 Å². The van der Waals surface area contributed by atoms with Gasteiger partial charge in [0.2, 0.25) is 5.28 Å². The molecule has 2 fully saturated rings. The molecular formula is C13H19Cl2N3O3S. The molecule has 0 unspecified atom stereocenters. The summed E-state index contributed by atoms with van der Waals surface area (Å²) in [4.78, 5) is 10.5. The van der Waals surface area contributed by atoms with Gasteiger partial charge in [0, 0.05) is 18.9 Å². The highest BCUT2D eigenvalue weighted by Crippen LogP contribution is 2.52. The Morgan fingerprint density at radius 2 is 2.09 bits per heavy atom. The summed E-state index contributed by atoms with van der Waals surface area (Å²) in [5.41, 5.74) is 0.513. The molecule has 0 radical (unpaired) electrons. The second-order valence-corrected chi connectivity index (χ2v) is 8.43. The molecule has 9 heteroatoms. The lowest BCUT2D eigenvalue weighted by Crippen LogP contribution is -2.44. The zero-order valence-corrected chi connectivity index (χ0v) is 14.8. The highest BCUT2D eigenvalue weighted by Gasteiger charge is 2.55. The smallest absolute Gasteiger partial charge is 0.224 e. The van der Waals surface area contributed by atoms with Crippen LogP contribution in [-0.4, -0.2) is 50.4 Å². The summed E-state index contributed by atoms with van der Waals surface area (Å²) >= 11 is 6.03. The summed E-state index contributed by atoms with van der Waals surface area (Å²) < 4.78 is 28.6. The third-order valence-corrected chi connectivity index (χ3v) is 6.43. The minimum Gasteiger partial charge on any atom is -0.377 e. The molecule has 0 bridgehead atoms. The minimum absolute atomic E-state index is 0. The van der Waals surface area contributed by atoms with E-state index in [0.29, 0.717) is 44.1 Å². The van der Waals surface area contributed by atoms with Gasteiger partial charge in [0.05, 0.1) is 24.9 Å². The molecule has 124 valence electrons. The van der Waals surface area contributed by atoms with Gasteiger partial charge in [-0.15, -0.1) is 12.4 Å². The van der Waals surface area contributed by atoms with Crippen LogP contribution in [-0.2, 0) is 19.3 Å². The van der Waals surface area contributed by atoms with Gasteiger partial charge in [-0.3, -0.25) is 0 Å². The van der Waals surface area contributed by atoms with Crippen molar-refractivity contribution in [2.24, 2.45) is 0 Å². The number of halogens is 2. The van der Waals surface area contributed by atoms with Crippen molar-refractivity contribution in [3.8, 4) is 0 Å². The first-order valence-corrected chi connectivity index (χ1v) is 9.19. The number of sulfone groups is 1. The second kappa shape index (κ2) is 6.11. The molecule has 1 aromatic rings. The quantitative estimate of drug-likeness (QED) is 0.758. The summed E-state index contributed by atoms with van der Waals surface area (Å²) in [7, 11) is -3.21. The Morgan fingerprint density at radius 3 is 2.64 bits per heavy atom. The molecule has 0 N–H and O–H groups in total. The first kappa shape index (κ1) is 17.7. The van der Waals surface area contributed by atoms with E-state index < -0.39 is 14.6 Å². The molecule has 22 heavy (non-hydrogen) atoms. The van der Waals surface area contributed by atoms with E-state index in [-0.39, 0.29) is 23.7 Å². The molecule has 1 aromatic heterocycles. The Kier molecular flexibility index (Phi) is 4.92. The van der Waals surface area contributed by atoms with E-state index in [9.17, 15) is 8.42 Å². The normalized spacial score (nSPS) is 23.8. The Morgan fingerprint density at radius 1 is 1.41 bits per heavy atom. The monoisotopic (exact) mass is 367 g/mol. The Balaban J connectivity index is 0.00000176. The Bertz CT molecular complexity index is 664. The van der Waals surface area contributed by atoms with Crippen molar-refractivity contribution in [2.75, 3.05) is 30.9 Å². The predicted octanol–water partition coefficient (Wildman–Crippen LogP) is 1.81. The standard InChI is InChI=1S/C13H18ClN3O3S.ClH/c1-9-8-20-6-5-17(9)11-7-10(15-12(14)16-11)13(3-4-13)21(2,18)19;/h7,9H,3-6,8H2,1-2H3;1H/t9-;/m1./s1. The predicted molar refractivity (Wildman–Crippen MR) is 87.7 cm³/mol. The highest BCUT2D eigenvalue weighted by atomic mass is 35.5. The number of anilines is 1. The maximum atomic E-state index is 12.0. The van der Waals surface area contributed by atoms with Crippen molar-refractivity contribution < 1.29 is 13.2 Å². The van der Waals surface area contributed by atoms with Crippen LogP contribution in [0.4, 0.5) is 5.82 Å². The van der Waals surface area contributed by atoms with Crippen LogP contribution in [0.1, 0.15) is 25.5 Å². The van der Waals surface area contributed by atoms with E-state index >= 15 is 0 Å². The lowest BCUT2D eigenvalue weighted by Gasteiger charge is -2.34. The van der Waals surface area contributed by atoms with Crippen LogP contribution in [0, 0.1) is 0 Å². The largest absolute Gasteiger partial charge is 0.377 e. The number of hydrogen-bond acceptors (Lipinski definition) is 6. The molecule has 1 saturated heterocycles. The average molecular weight is 368 g/mol. The lowest BCUT2D eigenvalue weighted by molar-refractivity contribution is 0.0985. The van der Waals surface area contributed by atoms with E-state index in [2.05, 4.69) is 14.9 Å². The minimum atomic E-state index is -3.21. The molecule has 1 atom stereocenters. The molecular weight excluding hydrogens is 349 g/mol. The summed E-state index contributed by atoms with van der Waals surface area (Å²) in [5.74, 6) is 0.677. The molecule has 2 heterocycles. The maximum absolute atomic E-state index is 12.0. The van der Waals surface area contributed by atoms with E-state index in [0.717, 1.165) is 0 Å². The molecule has 1 aliphatic carbocycles. The number of ether oxygens (including phenoxy) is 1. The third-order valence-electron chi connectivity index (χ3n) is 4.23. The molecule has 6 nitrogen and oxygen atoms in total. The van der Waals surface area contributed by atoms with Crippen LogP contribution in [0.5, 0.6) is 0 Å². The molecule has 3 rings (SSSR count). The molecule has 0 aromatic carbocycles. The van der Waals surface area contributed by atoms with Crippen molar-refractivity contribution in [1.29, 1.82) is 0 Å². The zero-order valence-electron chi connectivity index (χ0n) is 12.5. The number of aromatic nitrogens is 2. The number of hydrogen-bond donors (Lipinski definition) is 0. The van der Waals surface area contributed by atoms with Crippen LogP contribution < -0.4 is 4.90 Å². The fourth-order valence-electron chi connectivity index (χ4n) is 2.78. The lowest BCUT2D eigenvalue weighted by atomic mass is 10.2. The summed E-state index contributed by atoms with van der Waals surface area (Å²) in [6.45, 7) is 3.99. The molecule has 0 amide bonds. The summed E-state index contributed by atoms with van der Waals surface area (Å²) in [6.07, 6.45) is 2.45. The maximum Gasteiger partial charge on any atom is 0.224 e. The summed E-state index contributed by atoms with van der Waals surface area (Å²) in [5, 5.41) is 0.0936. The van der Waals surface area contributed by atoms with Crippen molar-refractivity contribution in [1.82, 2.24) is 9.97 Å². The highest BCUT2D eigenvalue weighted by molar-refractivity contribution is 7.91. The second-order valence-electron chi connectivity index (χ2n) is 5.76. The van der Waals surface area contributed by atoms with Crippen molar-refractivity contribution in [3.05, 3.63) is 17.0 Å². The topological polar surface area (TPSA) is 72.4 Å². The van der Waals surface area contributed by atoms with Crippen LogP contribution in [0.2, 0.25) is 5.28 Å². The van der Waals surface area contributed by atoms with Crippen LogP contribution in [0.15, 0.2) is 6.07 Å². The number of morpholine rings is 1. The Labute approximate surface area is 141 Å². The Hall–Kier alpha value is -0.630. The number of nitrogens with zero attached hydrogens (tertiary/aromatic N) is 3. The van der Waals surface area contributed by atoms with Gasteiger partial charge in [0.1, 0.15) is 10.6 Å². The van der Waals surface area contributed by atoms with E-state index in [1.54, 1.807) is 6.07 Å². The van der Waals surface area contributed by atoms with E-state index in [4.69, 9.17) is 16.3 Å². The summed E-state index contributed by atoms with van der Waals surface area (Å²) in [6, 6.07) is 1.94. The van der Waals surface area contributed by atoms with Gasteiger partial charge >= 0.3 is 0 Å². The van der Waals surface area contributed by atoms with E-state index in [1.165, 1.54) is 6.26 Å². The third kappa shape index (κ3) is 3.04. The molecule has 2 aliphatic rings. The van der Waals surface area contributed by atoms with E-state index in [1.807, 2.05) is 6.92 Å². The van der Waals surface area contributed by atoms with Crippen molar-refractivity contribution in [2.45, 2.75) is 30.6 Å². The van der Waals surface area contributed by atoms with Crippen LogP contribution >= 0.6 is 24.0 Å². The van der Waals surface area contributed by atoms with Gasteiger partial charge in [-0.05, 0) is 31.4 Å². The van der Waals surface area contributed by atoms with Gasteiger partial charge < -0.3 is 9.64 Å². The molecule has 0 spiro atoms.